The Morgan fingerprint density at radius 3 is 2.50 bits per heavy atom. The fourth-order valence-electron chi connectivity index (χ4n) is 2.29. The van der Waals surface area contributed by atoms with Crippen molar-refractivity contribution >= 4 is 17.4 Å². The van der Waals surface area contributed by atoms with Gasteiger partial charge in [0.05, 0.1) is 6.10 Å². The van der Waals surface area contributed by atoms with Crippen molar-refractivity contribution in [2.75, 3.05) is 11.9 Å². The second kappa shape index (κ2) is 7.38. The Bertz CT molecular complexity index is 809. The number of nitrogens with one attached hydrogen (secondary N) is 1. The Balaban J connectivity index is 1.73. The second-order valence-corrected chi connectivity index (χ2v) is 5.84. The molecule has 0 unspecified atom stereocenters. The smallest absolute Gasteiger partial charge is 0.161 e. The summed E-state index contributed by atoms with van der Waals surface area (Å²) in [6.45, 7) is 2.25. The minimum absolute atomic E-state index is 0.341. The van der Waals surface area contributed by atoms with E-state index in [4.69, 9.17) is 11.6 Å². The first-order valence-corrected chi connectivity index (χ1v) is 7.93. The number of aliphatic hydroxyl groups is 1. The van der Waals surface area contributed by atoms with E-state index in [1.165, 1.54) is 0 Å². The van der Waals surface area contributed by atoms with Crippen LogP contribution in [0.2, 0.25) is 5.02 Å². The van der Waals surface area contributed by atoms with Crippen LogP contribution in [0.3, 0.4) is 0 Å². The van der Waals surface area contributed by atoms with E-state index < -0.39 is 6.10 Å². The molecule has 1 atom stereocenters. The standard InChI is InChI=1S/C18H17ClN4O/c1-12-10-17(23-18(22-12)14-6-8-20-9-7-14)21-11-16(24)13-2-4-15(19)5-3-13/h2-10,16,24H,11H2,1H3,(H,21,22,23)/t16-/m0/s1. The van der Waals surface area contributed by atoms with Crippen molar-refractivity contribution in [3.8, 4) is 11.4 Å². The van der Waals surface area contributed by atoms with E-state index in [-0.39, 0.29) is 0 Å². The van der Waals surface area contributed by atoms with E-state index in [1.54, 1.807) is 24.5 Å². The van der Waals surface area contributed by atoms with Gasteiger partial charge in [-0.25, -0.2) is 9.97 Å². The molecule has 0 fully saturated rings. The molecule has 6 heteroatoms. The molecule has 1 aromatic carbocycles. The molecule has 0 spiro atoms. The van der Waals surface area contributed by atoms with Crippen molar-refractivity contribution in [3.63, 3.8) is 0 Å². The molecule has 3 rings (SSSR count). The zero-order valence-electron chi connectivity index (χ0n) is 13.1. The van der Waals surface area contributed by atoms with Crippen LogP contribution in [-0.4, -0.2) is 26.6 Å². The zero-order chi connectivity index (χ0) is 16.9. The van der Waals surface area contributed by atoms with E-state index in [2.05, 4.69) is 20.3 Å². The van der Waals surface area contributed by atoms with E-state index in [0.29, 0.717) is 23.2 Å². The fraction of sp³-hybridized carbons (Fsp3) is 0.167. The normalized spacial score (nSPS) is 12.0. The van der Waals surface area contributed by atoms with Crippen LogP contribution >= 0.6 is 11.6 Å². The van der Waals surface area contributed by atoms with Gasteiger partial charge in [-0.2, -0.15) is 0 Å². The van der Waals surface area contributed by atoms with E-state index in [1.807, 2.05) is 37.3 Å². The Kier molecular flexibility index (Phi) is 5.03. The summed E-state index contributed by atoms with van der Waals surface area (Å²) in [6, 6.07) is 12.7. The number of aliphatic hydroxyl groups excluding tert-OH is 1. The summed E-state index contributed by atoms with van der Waals surface area (Å²) in [5, 5.41) is 14.1. The van der Waals surface area contributed by atoms with Gasteiger partial charge in [0.15, 0.2) is 5.82 Å². The van der Waals surface area contributed by atoms with Gasteiger partial charge in [-0.15, -0.1) is 0 Å². The minimum Gasteiger partial charge on any atom is -0.387 e. The molecule has 2 heterocycles. The lowest BCUT2D eigenvalue weighted by molar-refractivity contribution is 0.191. The maximum Gasteiger partial charge on any atom is 0.161 e. The van der Waals surface area contributed by atoms with E-state index in [0.717, 1.165) is 16.8 Å². The molecule has 0 aliphatic heterocycles. The molecular weight excluding hydrogens is 324 g/mol. The first-order valence-electron chi connectivity index (χ1n) is 7.55. The third-order valence-corrected chi connectivity index (χ3v) is 3.78. The molecular formula is C18H17ClN4O. The highest BCUT2D eigenvalue weighted by Gasteiger charge is 2.09. The molecule has 0 saturated heterocycles. The second-order valence-electron chi connectivity index (χ2n) is 5.40. The lowest BCUT2D eigenvalue weighted by Crippen LogP contribution is -2.13. The quantitative estimate of drug-likeness (QED) is 0.742. The van der Waals surface area contributed by atoms with Crippen molar-refractivity contribution < 1.29 is 5.11 Å². The van der Waals surface area contributed by atoms with Gasteiger partial charge in [-0.1, -0.05) is 23.7 Å². The predicted molar refractivity (Wildman–Crippen MR) is 94.9 cm³/mol. The number of aryl methyl sites for hydroxylation is 1. The van der Waals surface area contributed by atoms with Crippen LogP contribution in [-0.2, 0) is 0 Å². The van der Waals surface area contributed by atoms with Crippen molar-refractivity contribution in [1.29, 1.82) is 0 Å². The molecule has 2 aromatic heterocycles. The molecule has 2 N–H and O–H groups in total. The van der Waals surface area contributed by atoms with Crippen LogP contribution < -0.4 is 5.32 Å². The Labute approximate surface area is 145 Å². The summed E-state index contributed by atoms with van der Waals surface area (Å²) >= 11 is 5.86. The van der Waals surface area contributed by atoms with Gasteiger partial charge in [-0.05, 0) is 36.8 Å². The molecule has 24 heavy (non-hydrogen) atoms. The number of anilines is 1. The van der Waals surface area contributed by atoms with Gasteiger partial charge < -0.3 is 10.4 Å². The van der Waals surface area contributed by atoms with Gasteiger partial charge in [0.1, 0.15) is 5.82 Å². The van der Waals surface area contributed by atoms with Gasteiger partial charge in [0, 0.05) is 41.3 Å². The number of rotatable bonds is 5. The summed E-state index contributed by atoms with van der Waals surface area (Å²) in [5.74, 6) is 1.29. The van der Waals surface area contributed by atoms with Crippen molar-refractivity contribution in [1.82, 2.24) is 15.0 Å². The fourth-order valence-corrected chi connectivity index (χ4v) is 2.42. The average molecular weight is 341 g/mol. The molecule has 0 aliphatic rings. The zero-order valence-corrected chi connectivity index (χ0v) is 13.9. The Morgan fingerprint density at radius 1 is 1.08 bits per heavy atom. The van der Waals surface area contributed by atoms with Crippen LogP contribution in [0.1, 0.15) is 17.4 Å². The Hall–Kier alpha value is -2.50. The molecule has 122 valence electrons. The van der Waals surface area contributed by atoms with Crippen molar-refractivity contribution in [2.24, 2.45) is 0 Å². The van der Waals surface area contributed by atoms with Gasteiger partial charge in [-0.3, -0.25) is 4.98 Å². The van der Waals surface area contributed by atoms with Crippen LogP contribution in [0.25, 0.3) is 11.4 Å². The third-order valence-electron chi connectivity index (χ3n) is 3.52. The van der Waals surface area contributed by atoms with Crippen LogP contribution in [0.5, 0.6) is 0 Å². The number of nitrogens with zero attached hydrogens (tertiary/aromatic N) is 3. The molecule has 0 radical (unpaired) electrons. The molecule has 5 nitrogen and oxygen atoms in total. The van der Waals surface area contributed by atoms with E-state index >= 15 is 0 Å². The average Bonchev–Trinajstić information content (AvgIpc) is 2.60. The van der Waals surface area contributed by atoms with E-state index in [9.17, 15) is 5.11 Å². The molecule has 0 amide bonds. The first kappa shape index (κ1) is 16.4. The molecule has 0 bridgehead atoms. The predicted octanol–water partition coefficient (Wildman–Crippen LogP) is 3.65. The largest absolute Gasteiger partial charge is 0.387 e. The minimum atomic E-state index is -0.651. The summed E-state index contributed by atoms with van der Waals surface area (Å²) in [6.07, 6.45) is 2.76. The summed E-state index contributed by atoms with van der Waals surface area (Å²) in [5.41, 5.74) is 2.54. The number of hydrogen-bond acceptors (Lipinski definition) is 5. The number of benzene rings is 1. The highest BCUT2D eigenvalue weighted by atomic mass is 35.5. The highest BCUT2D eigenvalue weighted by molar-refractivity contribution is 6.30. The van der Waals surface area contributed by atoms with Crippen molar-refractivity contribution in [2.45, 2.75) is 13.0 Å². The summed E-state index contributed by atoms with van der Waals surface area (Å²) in [4.78, 5) is 12.9. The van der Waals surface area contributed by atoms with Gasteiger partial charge >= 0.3 is 0 Å². The maximum absolute atomic E-state index is 10.3. The molecule has 0 saturated carbocycles. The monoisotopic (exact) mass is 340 g/mol. The summed E-state index contributed by atoms with van der Waals surface area (Å²) in [7, 11) is 0. The lowest BCUT2D eigenvalue weighted by atomic mass is 10.1. The highest BCUT2D eigenvalue weighted by Crippen LogP contribution is 2.19. The number of pyridine rings is 1. The van der Waals surface area contributed by atoms with Crippen LogP contribution in [0.4, 0.5) is 5.82 Å². The number of halogens is 1. The maximum atomic E-state index is 10.3. The third kappa shape index (κ3) is 4.07. The first-order chi connectivity index (χ1) is 11.6. The molecule has 3 aromatic rings. The summed E-state index contributed by atoms with van der Waals surface area (Å²) < 4.78 is 0. The number of hydrogen-bond donors (Lipinski definition) is 2. The molecule has 0 aliphatic carbocycles. The SMILES string of the molecule is Cc1cc(NC[C@H](O)c2ccc(Cl)cc2)nc(-c2ccncc2)n1. The number of aromatic nitrogens is 3. The Morgan fingerprint density at radius 2 is 1.79 bits per heavy atom. The van der Waals surface area contributed by atoms with Gasteiger partial charge in [0.25, 0.3) is 0 Å². The van der Waals surface area contributed by atoms with Crippen LogP contribution in [0.15, 0.2) is 54.9 Å². The van der Waals surface area contributed by atoms with Gasteiger partial charge in [0.2, 0.25) is 0 Å². The van der Waals surface area contributed by atoms with Crippen molar-refractivity contribution in [3.05, 3.63) is 71.1 Å². The van der Waals surface area contributed by atoms with Crippen LogP contribution in [0, 0.1) is 6.92 Å². The topological polar surface area (TPSA) is 70.9 Å². The lowest BCUT2D eigenvalue weighted by Gasteiger charge is -2.14.